The number of hydrogen-bond acceptors (Lipinski definition) is 4. The summed E-state index contributed by atoms with van der Waals surface area (Å²) >= 11 is 0. The van der Waals surface area contributed by atoms with Crippen molar-refractivity contribution in [2.45, 2.75) is 44.8 Å². The molecular formula is C22H26N2O3. The van der Waals surface area contributed by atoms with E-state index in [4.69, 9.17) is 9.47 Å². The van der Waals surface area contributed by atoms with Crippen LogP contribution < -0.4 is 4.74 Å². The van der Waals surface area contributed by atoms with E-state index >= 15 is 0 Å². The Morgan fingerprint density at radius 1 is 1.26 bits per heavy atom. The molecule has 1 saturated heterocycles. The van der Waals surface area contributed by atoms with Crippen molar-refractivity contribution in [3.05, 3.63) is 58.9 Å². The molecule has 1 aromatic carbocycles. The van der Waals surface area contributed by atoms with Gasteiger partial charge in [0, 0.05) is 25.5 Å². The van der Waals surface area contributed by atoms with Crippen LogP contribution in [-0.4, -0.2) is 42.1 Å². The number of carbonyl (C=O) groups excluding carboxylic acids is 1. The summed E-state index contributed by atoms with van der Waals surface area (Å²) in [4.78, 5) is 19.2. The molecule has 0 bridgehead atoms. The topological polar surface area (TPSA) is 51.7 Å². The van der Waals surface area contributed by atoms with Gasteiger partial charge in [0.05, 0.1) is 25.4 Å². The number of likely N-dealkylation sites (tertiary alicyclic amines) is 1. The number of benzene rings is 1. The van der Waals surface area contributed by atoms with Gasteiger partial charge in [-0.15, -0.1) is 0 Å². The maximum Gasteiger partial charge on any atom is 0.257 e. The summed E-state index contributed by atoms with van der Waals surface area (Å²) in [7, 11) is 1.64. The highest BCUT2D eigenvalue weighted by Crippen LogP contribution is 2.31. The zero-order valence-electron chi connectivity index (χ0n) is 15.8. The fourth-order valence-electron chi connectivity index (χ4n) is 4.06. The summed E-state index contributed by atoms with van der Waals surface area (Å²) in [5.41, 5.74) is 4.35. The highest BCUT2D eigenvalue weighted by Gasteiger charge is 2.28. The van der Waals surface area contributed by atoms with Crippen LogP contribution in [0.1, 0.15) is 46.3 Å². The molecule has 0 radical (unpaired) electrons. The van der Waals surface area contributed by atoms with Crippen LogP contribution in [0.4, 0.5) is 0 Å². The molecule has 1 atom stereocenters. The maximum absolute atomic E-state index is 13.2. The van der Waals surface area contributed by atoms with Crippen LogP contribution in [-0.2, 0) is 24.2 Å². The number of pyridine rings is 1. The Labute approximate surface area is 160 Å². The van der Waals surface area contributed by atoms with Crippen molar-refractivity contribution in [2.75, 3.05) is 20.2 Å². The van der Waals surface area contributed by atoms with Crippen molar-refractivity contribution in [3.8, 4) is 5.75 Å². The van der Waals surface area contributed by atoms with Gasteiger partial charge in [0.2, 0.25) is 0 Å². The number of hydrogen-bond donors (Lipinski definition) is 0. The third-order valence-corrected chi connectivity index (χ3v) is 5.52. The third kappa shape index (κ3) is 3.98. The molecule has 2 aromatic rings. The van der Waals surface area contributed by atoms with Gasteiger partial charge in [0.1, 0.15) is 5.75 Å². The van der Waals surface area contributed by atoms with Gasteiger partial charge in [-0.3, -0.25) is 9.78 Å². The summed E-state index contributed by atoms with van der Waals surface area (Å²) in [6.45, 7) is 1.92. The molecule has 0 unspecified atom stereocenters. The average Bonchev–Trinajstić information content (AvgIpc) is 3.19. The molecule has 1 aliphatic carbocycles. The van der Waals surface area contributed by atoms with E-state index in [-0.39, 0.29) is 12.0 Å². The Bertz CT molecular complexity index is 807. The second-order valence-corrected chi connectivity index (χ2v) is 7.36. The van der Waals surface area contributed by atoms with Crippen LogP contribution in [0, 0.1) is 0 Å². The Morgan fingerprint density at radius 3 is 2.89 bits per heavy atom. The van der Waals surface area contributed by atoms with E-state index in [1.807, 2.05) is 29.3 Å². The Kier molecular flexibility index (Phi) is 5.39. The van der Waals surface area contributed by atoms with Gasteiger partial charge in [-0.05, 0) is 67.0 Å². The number of fused-ring (bicyclic) bond motifs is 1. The SMILES string of the molecule is COc1cc2c(cc1C(=O)N1CCC[C@H](OCc3cccnc3)C1)CCC2. The van der Waals surface area contributed by atoms with Crippen LogP contribution in [0.15, 0.2) is 36.7 Å². The first-order valence-corrected chi connectivity index (χ1v) is 9.74. The van der Waals surface area contributed by atoms with Gasteiger partial charge in [-0.1, -0.05) is 6.07 Å². The zero-order chi connectivity index (χ0) is 18.6. The van der Waals surface area contributed by atoms with E-state index in [0.29, 0.717) is 24.5 Å². The Hall–Kier alpha value is -2.40. The van der Waals surface area contributed by atoms with Crippen LogP contribution >= 0.6 is 0 Å². The lowest BCUT2D eigenvalue weighted by molar-refractivity contribution is -0.00689. The molecule has 4 rings (SSSR count). The fraction of sp³-hybridized carbons (Fsp3) is 0.455. The molecule has 1 amide bonds. The van der Waals surface area contributed by atoms with Crippen LogP contribution in [0.25, 0.3) is 0 Å². The van der Waals surface area contributed by atoms with Crippen molar-refractivity contribution >= 4 is 5.91 Å². The Balaban J connectivity index is 1.44. The van der Waals surface area contributed by atoms with E-state index in [9.17, 15) is 4.79 Å². The van der Waals surface area contributed by atoms with Crippen molar-refractivity contribution in [1.29, 1.82) is 0 Å². The number of piperidine rings is 1. The number of rotatable bonds is 5. The number of methoxy groups -OCH3 is 1. The highest BCUT2D eigenvalue weighted by atomic mass is 16.5. The predicted molar refractivity (Wildman–Crippen MR) is 103 cm³/mol. The molecule has 0 saturated carbocycles. The largest absolute Gasteiger partial charge is 0.496 e. The summed E-state index contributed by atoms with van der Waals surface area (Å²) in [5.74, 6) is 0.746. The minimum absolute atomic E-state index is 0.0521. The number of carbonyl (C=O) groups is 1. The summed E-state index contributed by atoms with van der Waals surface area (Å²) in [6, 6.07) is 8.02. The van der Waals surface area contributed by atoms with Crippen LogP contribution in [0.2, 0.25) is 0 Å². The van der Waals surface area contributed by atoms with E-state index in [1.165, 1.54) is 11.1 Å². The Morgan fingerprint density at radius 2 is 2.11 bits per heavy atom. The fourth-order valence-corrected chi connectivity index (χ4v) is 4.06. The van der Waals surface area contributed by atoms with Crippen LogP contribution in [0.5, 0.6) is 5.75 Å². The molecule has 27 heavy (non-hydrogen) atoms. The predicted octanol–water partition coefficient (Wildman–Crippen LogP) is 3.40. The minimum Gasteiger partial charge on any atom is -0.496 e. The van der Waals surface area contributed by atoms with Gasteiger partial charge < -0.3 is 14.4 Å². The van der Waals surface area contributed by atoms with E-state index in [1.54, 1.807) is 13.3 Å². The molecule has 2 heterocycles. The zero-order valence-corrected chi connectivity index (χ0v) is 15.8. The monoisotopic (exact) mass is 366 g/mol. The van der Waals surface area contributed by atoms with Gasteiger partial charge >= 0.3 is 0 Å². The minimum atomic E-state index is 0.0521. The van der Waals surface area contributed by atoms with Crippen molar-refractivity contribution in [1.82, 2.24) is 9.88 Å². The van der Waals surface area contributed by atoms with Crippen molar-refractivity contribution in [3.63, 3.8) is 0 Å². The normalized spacial score (nSPS) is 19.0. The van der Waals surface area contributed by atoms with E-state index in [2.05, 4.69) is 11.1 Å². The molecule has 1 aliphatic heterocycles. The number of ether oxygens (including phenoxy) is 2. The number of nitrogens with zero attached hydrogens (tertiary/aromatic N) is 2. The molecular weight excluding hydrogens is 340 g/mol. The third-order valence-electron chi connectivity index (χ3n) is 5.52. The van der Waals surface area contributed by atoms with Gasteiger partial charge in [0.25, 0.3) is 5.91 Å². The molecule has 5 nitrogen and oxygen atoms in total. The lowest BCUT2D eigenvalue weighted by atomic mass is 10.0. The number of aryl methyl sites for hydroxylation is 2. The van der Waals surface area contributed by atoms with Crippen molar-refractivity contribution < 1.29 is 14.3 Å². The summed E-state index contributed by atoms with van der Waals surface area (Å²) < 4.78 is 11.6. The average molecular weight is 366 g/mol. The van der Waals surface area contributed by atoms with Gasteiger partial charge in [-0.2, -0.15) is 0 Å². The van der Waals surface area contributed by atoms with Gasteiger partial charge in [-0.25, -0.2) is 0 Å². The first-order chi connectivity index (χ1) is 13.2. The maximum atomic E-state index is 13.2. The molecule has 5 heteroatoms. The highest BCUT2D eigenvalue weighted by molar-refractivity contribution is 5.97. The van der Waals surface area contributed by atoms with E-state index < -0.39 is 0 Å². The standard InChI is InChI=1S/C22H26N2O3/c1-26-21-12-18-7-2-6-17(18)11-20(21)22(25)24-10-4-8-19(14-24)27-15-16-5-3-9-23-13-16/h3,5,9,11-13,19H,2,4,6-8,10,14-15H2,1H3/t19-/m0/s1. The second kappa shape index (κ2) is 8.09. The number of aromatic nitrogens is 1. The summed E-state index contributed by atoms with van der Waals surface area (Å²) in [6.07, 6.45) is 8.86. The molecule has 1 fully saturated rings. The number of amides is 1. The lowest BCUT2D eigenvalue weighted by Gasteiger charge is -2.33. The van der Waals surface area contributed by atoms with E-state index in [0.717, 1.165) is 44.2 Å². The van der Waals surface area contributed by atoms with Crippen LogP contribution in [0.3, 0.4) is 0 Å². The smallest absolute Gasteiger partial charge is 0.257 e. The second-order valence-electron chi connectivity index (χ2n) is 7.36. The first-order valence-electron chi connectivity index (χ1n) is 9.74. The molecule has 0 spiro atoms. The van der Waals surface area contributed by atoms with Gasteiger partial charge in [0.15, 0.2) is 0 Å². The summed E-state index contributed by atoms with van der Waals surface area (Å²) in [5, 5.41) is 0. The molecule has 0 N–H and O–H groups in total. The van der Waals surface area contributed by atoms with Crippen molar-refractivity contribution in [2.24, 2.45) is 0 Å². The quantitative estimate of drug-likeness (QED) is 0.814. The lowest BCUT2D eigenvalue weighted by Crippen LogP contribution is -2.43. The molecule has 2 aliphatic rings. The molecule has 142 valence electrons. The first kappa shape index (κ1) is 18.0. The molecule has 1 aromatic heterocycles.